The molecule has 2 aromatic carbocycles. The number of nitrogens with zero attached hydrogens (tertiary/aromatic N) is 1. The average molecular weight is 318 g/mol. The van der Waals surface area contributed by atoms with Gasteiger partial charge in [-0.25, -0.2) is 0 Å². The van der Waals surface area contributed by atoms with Crippen LogP contribution >= 0.6 is 23.2 Å². The zero-order chi connectivity index (χ0) is 14.8. The third kappa shape index (κ3) is 2.71. The zero-order valence-corrected chi connectivity index (χ0v) is 12.2. The predicted molar refractivity (Wildman–Crippen MR) is 83.7 cm³/mol. The Morgan fingerprint density at radius 1 is 1.05 bits per heavy atom. The highest BCUT2D eigenvalue weighted by Gasteiger charge is 2.10. The van der Waals surface area contributed by atoms with Crippen molar-refractivity contribution in [3.05, 3.63) is 64.3 Å². The molecule has 3 aromatic rings. The number of aromatic nitrogens is 1. The summed E-state index contributed by atoms with van der Waals surface area (Å²) < 4.78 is 5.81. The summed E-state index contributed by atoms with van der Waals surface area (Å²) in [5.41, 5.74) is 1.01. The summed E-state index contributed by atoms with van der Waals surface area (Å²) in [7, 11) is 0. The summed E-state index contributed by atoms with van der Waals surface area (Å²) in [6, 6.07) is 12.0. The second kappa shape index (κ2) is 5.72. The molecular formula is C16H9Cl2NO2. The number of halogens is 2. The number of carbonyl (C=O) groups excluding carboxylic acids is 1. The van der Waals surface area contributed by atoms with Crippen molar-refractivity contribution in [2.75, 3.05) is 0 Å². The maximum Gasteiger partial charge on any atom is 0.153 e. The largest absolute Gasteiger partial charge is 0.454 e. The number of pyridine rings is 1. The van der Waals surface area contributed by atoms with Gasteiger partial charge in [0.25, 0.3) is 0 Å². The van der Waals surface area contributed by atoms with Gasteiger partial charge >= 0.3 is 0 Å². The smallest absolute Gasteiger partial charge is 0.153 e. The number of aldehydes is 1. The lowest BCUT2D eigenvalue weighted by molar-refractivity contribution is 0.112. The Morgan fingerprint density at radius 2 is 1.86 bits per heavy atom. The van der Waals surface area contributed by atoms with E-state index in [4.69, 9.17) is 27.9 Å². The molecule has 0 saturated carbocycles. The minimum absolute atomic E-state index is 0.376. The van der Waals surface area contributed by atoms with E-state index in [0.29, 0.717) is 38.9 Å². The van der Waals surface area contributed by atoms with Crippen LogP contribution in [0.15, 0.2) is 48.7 Å². The number of fused-ring (bicyclic) bond motifs is 1. The molecule has 0 atom stereocenters. The van der Waals surface area contributed by atoms with Gasteiger partial charge in [-0.1, -0.05) is 23.2 Å². The van der Waals surface area contributed by atoms with Crippen molar-refractivity contribution in [1.29, 1.82) is 0 Å². The fourth-order valence-corrected chi connectivity index (χ4v) is 2.41. The lowest BCUT2D eigenvalue weighted by atomic mass is 10.2. The molecule has 0 aliphatic carbocycles. The highest BCUT2D eigenvalue weighted by atomic mass is 35.5. The Hall–Kier alpha value is -2.10. The highest BCUT2D eigenvalue weighted by Crippen LogP contribution is 2.34. The van der Waals surface area contributed by atoms with Gasteiger partial charge in [-0.05, 0) is 42.5 Å². The van der Waals surface area contributed by atoms with Crippen LogP contribution in [0.25, 0.3) is 10.9 Å². The molecule has 0 unspecified atom stereocenters. The van der Waals surface area contributed by atoms with Crippen LogP contribution in [0.2, 0.25) is 10.0 Å². The first-order valence-corrected chi connectivity index (χ1v) is 6.90. The summed E-state index contributed by atoms with van der Waals surface area (Å²) >= 11 is 12.0. The van der Waals surface area contributed by atoms with Gasteiger partial charge in [0.1, 0.15) is 11.3 Å². The van der Waals surface area contributed by atoms with Crippen LogP contribution in [-0.2, 0) is 0 Å². The van der Waals surface area contributed by atoms with E-state index in [0.717, 1.165) is 5.39 Å². The maximum absolute atomic E-state index is 11.1. The van der Waals surface area contributed by atoms with E-state index >= 15 is 0 Å². The van der Waals surface area contributed by atoms with E-state index in [9.17, 15) is 4.79 Å². The SMILES string of the molecule is O=Cc1cc(Cl)ccc1Oc1ccc(Cl)c2cccnc12. The molecule has 0 amide bonds. The van der Waals surface area contributed by atoms with E-state index in [1.807, 2.05) is 6.07 Å². The number of carbonyl (C=O) groups is 1. The molecule has 0 saturated heterocycles. The summed E-state index contributed by atoms with van der Waals surface area (Å²) in [4.78, 5) is 15.4. The van der Waals surface area contributed by atoms with Crippen LogP contribution in [0.1, 0.15) is 10.4 Å². The van der Waals surface area contributed by atoms with Gasteiger partial charge in [0.15, 0.2) is 12.0 Å². The summed E-state index contributed by atoms with van der Waals surface area (Å²) in [5, 5.41) is 1.86. The minimum atomic E-state index is 0.376. The molecule has 0 spiro atoms. The van der Waals surface area contributed by atoms with Crippen LogP contribution in [0.3, 0.4) is 0 Å². The van der Waals surface area contributed by atoms with Crippen LogP contribution < -0.4 is 4.74 Å². The molecule has 104 valence electrons. The fourth-order valence-electron chi connectivity index (χ4n) is 2.02. The molecule has 0 fully saturated rings. The molecule has 0 aliphatic heterocycles. The van der Waals surface area contributed by atoms with Crippen molar-refractivity contribution >= 4 is 40.4 Å². The maximum atomic E-state index is 11.1. The topological polar surface area (TPSA) is 39.2 Å². The van der Waals surface area contributed by atoms with E-state index in [2.05, 4.69) is 4.98 Å². The van der Waals surface area contributed by atoms with Gasteiger partial charge in [-0.15, -0.1) is 0 Å². The molecule has 3 nitrogen and oxygen atoms in total. The molecule has 21 heavy (non-hydrogen) atoms. The summed E-state index contributed by atoms with van der Waals surface area (Å²) in [6.45, 7) is 0. The van der Waals surface area contributed by atoms with Crippen LogP contribution in [0.5, 0.6) is 11.5 Å². The Kier molecular flexibility index (Phi) is 3.78. The fraction of sp³-hybridized carbons (Fsp3) is 0. The van der Waals surface area contributed by atoms with Gasteiger partial charge in [0, 0.05) is 16.6 Å². The first kappa shape index (κ1) is 13.9. The van der Waals surface area contributed by atoms with E-state index < -0.39 is 0 Å². The van der Waals surface area contributed by atoms with Gasteiger partial charge in [0.05, 0.1) is 10.6 Å². The molecular weight excluding hydrogens is 309 g/mol. The first-order valence-electron chi connectivity index (χ1n) is 6.15. The molecule has 0 N–H and O–H groups in total. The average Bonchev–Trinajstić information content (AvgIpc) is 2.52. The molecule has 1 aromatic heterocycles. The molecule has 3 rings (SSSR count). The van der Waals surface area contributed by atoms with Crippen molar-refractivity contribution < 1.29 is 9.53 Å². The Labute approximate surface area is 131 Å². The second-order valence-corrected chi connectivity index (χ2v) is 5.19. The molecule has 5 heteroatoms. The van der Waals surface area contributed by atoms with E-state index in [-0.39, 0.29) is 0 Å². The lowest BCUT2D eigenvalue weighted by Gasteiger charge is -2.11. The van der Waals surface area contributed by atoms with Crippen molar-refractivity contribution in [2.45, 2.75) is 0 Å². The van der Waals surface area contributed by atoms with Crippen molar-refractivity contribution in [3.8, 4) is 11.5 Å². The van der Waals surface area contributed by atoms with Crippen LogP contribution in [0, 0.1) is 0 Å². The van der Waals surface area contributed by atoms with Gasteiger partial charge in [-0.3, -0.25) is 9.78 Å². The molecule has 0 aliphatic rings. The number of benzene rings is 2. The highest BCUT2D eigenvalue weighted by molar-refractivity contribution is 6.35. The summed E-state index contributed by atoms with van der Waals surface area (Å²) in [5.74, 6) is 0.948. The quantitative estimate of drug-likeness (QED) is 0.627. The third-order valence-electron chi connectivity index (χ3n) is 3.00. The van der Waals surface area contributed by atoms with Gasteiger partial charge in [0.2, 0.25) is 0 Å². The first-order chi connectivity index (χ1) is 10.2. The lowest BCUT2D eigenvalue weighted by Crippen LogP contribution is -1.92. The molecule has 0 bridgehead atoms. The number of hydrogen-bond donors (Lipinski definition) is 0. The van der Waals surface area contributed by atoms with Crippen LogP contribution in [0.4, 0.5) is 0 Å². The number of rotatable bonds is 3. The van der Waals surface area contributed by atoms with Gasteiger partial charge < -0.3 is 4.74 Å². The van der Waals surface area contributed by atoms with Crippen LogP contribution in [-0.4, -0.2) is 11.3 Å². The number of hydrogen-bond acceptors (Lipinski definition) is 3. The van der Waals surface area contributed by atoms with Crippen molar-refractivity contribution in [2.24, 2.45) is 0 Å². The predicted octanol–water partition coefficient (Wildman–Crippen LogP) is 5.15. The Morgan fingerprint density at radius 3 is 2.67 bits per heavy atom. The second-order valence-electron chi connectivity index (χ2n) is 4.35. The van der Waals surface area contributed by atoms with Gasteiger partial charge in [-0.2, -0.15) is 0 Å². The standard InChI is InChI=1S/C16H9Cl2NO2/c17-11-3-5-14(10(8-11)9-20)21-15-6-4-13(18)12-2-1-7-19-16(12)15/h1-9H. The summed E-state index contributed by atoms with van der Waals surface area (Å²) in [6.07, 6.45) is 2.36. The molecule has 0 radical (unpaired) electrons. The van der Waals surface area contributed by atoms with E-state index in [1.54, 1.807) is 42.6 Å². The monoisotopic (exact) mass is 317 g/mol. The van der Waals surface area contributed by atoms with Crippen molar-refractivity contribution in [3.63, 3.8) is 0 Å². The van der Waals surface area contributed by atoms with E-state index in [1.165, 1.54) is 0 Å². The minimum Gasteiger partial charge on any atom is -0.454 e. The normalized spacial score (nSPS) is 10.6. The molecule has 1 heterocycles. The Bertz CT molecular complexity index is 834. The third-order valence-corrected chi connectivity index (χ3v) is 3.56. The Balaban J connectivity index is 2.11. The zero-order valence-electron chi connectivity index (χ0n) is 10.7. The van der Waals surface area contributed by atoms with Crippen molar-refractivity contribution in [1.82, 2.24) is 4.98 Å². The number of ether oxygens (including phenoxy) is 1.